The number of nitrogens with zero attached hydrogens (tertiary/aromatic N) is 1. The lowest BCUT2D eigenvalue weighted by molar-refractivity contribution is -0.234. The SMILES string of the molecule is C=C(C)CN1[C@H](c2ccccc2Br)O[C@@H]2C[C@H](C)CC[C@H]2C1(C)C. The molecule has 1 aliphatic carbocycles. The summed E-state index contributed by atoms with van der Waals surface area (Å²) in [6, 6.07) is 8.46. The monoisotopic (exact) mass is 391 g/mol. The Morgan fingerprint density at radius 2 is 2.04 bits per heavy atom. The lowest BCUT2D eigenvalue weighted by Gasteiger charge is -2.57. The van der Waals surface area contributed by atoms with Crippen LogP contribution in [0.5, 0.6) is 0 Å². The van der Waals surface area contributed by atoms with Crippen molar-refractivity contribution >= 4 is 15.9 Å². The van der Waals surface area contributed by atoms with Crippen LogP contribution >= 0.6 is 15.9 Å². The Labute approximate surface area is 155 Å². The maximum absolute atomic E-state index is 6.73. The van der Waals surface area contributed by atoms with Crippen LogP contribution in [-0.4, -0.2) is 23.1 Å². The molecule has 2 fully saturated rings. The van der Waals surface area contributed by atoms with Crippen LogP contribution in [0.4, 0.5) is 0 Å². The molecule has 0 N–H and O–H groups in total. The highest BCUT2D eigenvalue weighted by molar-refractivity contribution is 9.10. The number of ether oxygens (including phenoxy) is 1. The standard InChI is InChI=1S/C21H30BrNO/c1-14(2)13-23-20(16-8-6-7-9-18(16)22)24-19-12-15(3)10-11-17(19)21(23,4)5/h6-9,15,17,19-20H,1,10-13H2,2-5H3/t15-,17-,19-,20+/m1/s1. The summed E-state index contributed by atoms with van der Waals surface area (Å²) >= 11 is 3.73. The van der Waals surface area contributed by atoms with Crippen LogP contribution in [0.3, 0.4) is 0 Å². The maximum atomic E-state index is 6.73. The van der Waals surface area contributed by atoms with E-state index in [0.29, 0.717) is 12.0 Å². The van der Waals surface area contributed by atoms with E-state index in [0.717, 1.165) is 16.9 Å². The van der Waals surface area contributed by atoms with Crippen LogP contribution in [0.1, 0.15) is 58.7 Å². The molecule has 1 aromatic rings. The van der Waals surface area contributed by atoms with E-state index in [-0.39, 0.29) is 11.8 Å². The number of fused-ring (bicyclic) bond motifs is 1. The molecular formula is C21H30BrNO. The third kappa shape index (κ3) is 3.36. The molecule has 0 spiro atoms. The van der Waals surface area contributed by atoms with E-state index in [9.17, 15) is 0 Å². The van der Waals surface area contributed by atoms with Gasteiger partial charge in [0.2, 0.25) is 0 Å². The molecule has 2 nitrogen and oxygen atoms in total. The third-order valence-corrected chi connectivity index (χ3v) is 6.62. The quantitative estimate of drug-likeness (QED) is 0.591. The molecule has 0 bridgehead atoms. The zero-order valence-corrected chi connectivity index (χ0v) is 17.0. The van der Waals surface area contributed by atoms with Gasteiger partial charge in [-0.2, -0.15) is 0 Å². The van der Waals surface area contributed by atoms with E-state index < -0.39 is 0 Å². The van der Waals surface area contributed by atoms with Gasteiger partial charge in [-0.05, 0) is 45.6 Å². The summed E-state index contributed by atoms with van der Waals surface area (Å²) in [6.45, 7) is 14.3. The van der Waals surface area contributed by atoms with Gasteiger partial charge in [0, 0.05) is 28.0 Å². The number of hydrogen-bond acceptors (Lipinski definition) is 2. The molecule has 1 saturated heterocycles. The first-order valence-corrected chi connectivity index (χ1v) is 9.91. The second-order valence-electron chi connectivity index (χ2n) is 8.31. The fourth-order valence-electron chi connectivity index (χ4n) is 4.54. The van der Waals surface area contributed by atoms with Crippen LogP contribution in [0.25, 0.3) is 0 Å². The third-order valence-electron chi connectivity index (χ3n) is 5.90. The first kappa shape index (κ1) is 18.2. The summed E-state index contributed by atoms with van der Waals surface area (Å²) in [4.78, 5) is 2.52. The lowest BCUT2D eigenvalue weighted by Crippen LogP contribution is -2.61. The molecular weight excluding hydrogens is 362 g/mol. The van der Waals surface area contributed by atoms with Gasteiger partial charge in [0.1, 0.15) is 6.23 Å². The summed E-state index contributed by atoms with van der Waals surface area (Å²) < 4.78 is 7.86. The van der Waals surface area contributed by atoms with E-state index in [1.54, 1.807) is 0 Å². The van der Waals surface area contributed by atoms with Crippen LogP contribution in [-0.2, 0) is 4.74 Å². The normalized spacial score (nSPS) is 33.0. The van der Waals surface area contributed by atoms with Gasteiger partial charge in [-0.25, -0.2) is 0 Å². The average Bonchev–Trinajstić information content (AvgIpc) is 2.50. The molecule has 1 saturated carbocycles. The number of benzene rings is 1. The van der Waals surface area contributed by atoms with E-state index in [1.807, 2.05) is 0 Å². The van der Waals surface area contributed by atoms with Gasteiger partial charge in [0.15, 0.2) is 0 Å². The van der Waals surface area contributed by atoms with Crippen molar-refractivity contribution < 1.29 is 4.74 Å². The second kappa shape index (κ2) is 6.93. The zero-order valence-electron chi connectivity index (χ0n) is 15.4. The van der Waals surface area contributed by atoms with Gasteiger partial charge >= 0.3 is 0 Å². The molecule has 0 radical (unpaired) electrons. The molecule has 1 heterocycles. The van der Waals surface area contributed by atoms with Crippen molar-refractivity contribution in [3.05, 3.63) is 46.5 Å². The van der Waals surface area contributed by atoms with Gasteiger partial charge in [0.05, 0.1) is 6.10 Å². The van der Waals surface area contributed by atoms with Gasteiger partial charge < -0.3 is 4.74 Å². The Morgan fingerprint density at radius 3 is 2.71 bits per heavy atom. The van der Waals surface area contributed by atoms with E-state index in [1.165, 1.54) is 30.4 Å². The highest BCUT2D eigenvalue weighted by Crippen LogP contribution is 2.49. The van der Waals surface area contributed by atoms with Crippen molar-refractivity contribution in [2.24, 2.45) is 11.8 Å². The smallest absolute Gasteiger partial charge is 0.138 e. The minimum Gasteiger partial charge on any atom is -0.355 e. The molecule has 0 aromatic heterocycles. The predicted molar refractivity (Wildman–Crippen MR) is 104 cm³/mol. The fourth-order valence-corrected chi connectivity index (χ4v) is 5.02. The van der Waals surface area contributed by atoms with Gasteiger partial charge in [0.25, 0.3) is 0 Å². The number of halogens is 1. The largest absolute Gasteiger partial charge is 0.355 e. The Morgan fingerprint density at radius 1 is 1.33 bits per heavy atom. The molecule has 4 atom stereocenters. The second-order valence-corrected chi connectivity index (χ2v) is 9.17. The van der Waals surface area contributed by atoms with Crippen molar-refractivity contribution in [3.63, 3.8) is 0 Å². The van der Waals surface area contributed by atoms with E-state index in [4.69, 9.17) is 4.74 Å². The van der Waals surface area contributed by atoms with Crippen molar-refractivity contribution in [3.8, 4) is 0 Å². The molecule has 1 aliphatic heterocycles. The van der Waals surface area contributed by atoms with Crippen LogP contribution < -0.4 is 0 Å². The van der Waals surface area contributed by atoms with Crippen molar-refractivity contribution in [2.45, 2.75) is 64.8 Å². The molecule has 3 heteroatoms. The van der Waals surface area contributed by atoms with Gasteiger partial charge in [-0.15, -0.1) is 0 Å². The summed E-state index contributed by atoms with van der Waals surface area (Å²) in [5.41, 5.74) is 2.51. The van der Waals surface area contributed by atoms with Crippen molar-refractivity contribution in [2.75, 3.05) is 6.54 Å². The maximum Gasteiger partial charge on any atom is 0.138 e. The topological polar surface area (TPSA) is 12.5 Å². The summed E-state index contributed by atoms with van der Waals surface area (Å²) in [5, 5.41) is 0. The van der Waals surface area contributed by atoms with E-state index in [2.05, 4.69) is 79.4 Å². The number of hydrogen-bond donors (Lipinski definition) is 0. The Balaban J connectivity index is 2.01. The molecule has 0 unspecified atom stereocenters. The molecule has 132 valence electrons. The molecule has 3 rings (SSSR count). The van der Waals surface area contributed by atoms with Crippen molar-refractivity contribution in [1.29, 1.82) is 0 Å². The minimum absolute atomic E-state index is 0.0150. The van der Waals surface area contributed by atoms with Gasteiger partial charge in [-0.1, -0.05) is 59.6 Å². The first-order chi connectivity index (χ1) is 11.3. The van der Waals surface area contributed by atoms with E-state index >= 15 is 0 Å². The Bertz CT molecular complexity index is 612. The fraction of sp³-hybridized carbons (Fsp3) is 0.619. The average molecular weight is 392 g/mol. The highest BCUT2D eigenvalue weighted by atomic mass is 79.9. The molecule has 24 heavy (non-hydrogen) atoms. The molecule has 2 aliphatic rings. The van der Waals surface area contributed by atoms with Crippen LogP contribution in [0.15, 0.2) is 40.9 Å². The molecule has 0 amide bonds. The first-order valence-electron chi connectivity index (χ1n) is 9.11. The van der Waals surface area contributed by atoms with Crippen molar-refractivity contribution in [1.82, 2.24) is 4.90 Å². The van der Waals surface area contributed by atoms with Crippen LogP contribution in [0, 0.1) is 11.8 Å². The highest BCUT2D eigenvalue weighted by Gasteiger charge is 2.50. The number of rotatable bonds is 3. The van der Waals surface area contributed by atoms with Crippen LogP contribution in [0.2, 0.25) is 0 Å². The summed E-state index contributed by atoms with van der Waals surface area (Å²) in [7, 11) is 0. The lowest BCUT2D eigenvalue weighted by atomic mass is 9.69. The minimum atomic E-state index is -0.0150. The Hall–Kier alpha value is -0.640. The summed E-state index contributed by atoms with van der Waals surface area (Å²) in [6.07, 6.45) is 4.08. The van der Waals surface area contributed by atoms with Gasteiger partial charge in [-0.3, -0.25) is 4.90 Å². The predicted octanol–water partition coefficient (Wildman–Crippen LogP) is 5.94. The Kier molecular flexibility index (Phi) is 5.25. The summed E-state index contributed by atoms with van der Waals surface area (Å²) in [5.74, 6) is 1.35. The molecule has 1 aromatic carbocycles. The zero-order chi connectivity index (χ0) is 17.5.